The van der Waals surface area contributed by atoms with Crippen LogP contribution >= 0.6 is 0 Å². The molecule has 1 heterocycles. The molecule has 0 saturated carbocycles. The number of ether oxygens (including phenoxy) is 2. The van der Waals surface area contributed by atoms with Crippen LogP contribution in [-0.4, -0.2) is 57.0 Å². The van der Waals surface area contributed by atoms with E-state index in [1.165, 1.54) is 12.1 Å². The number of para-hydroxylation sites is 2. The van der Waals surface area contributed by atoms with Crippen molar-refractivity contribution in [3.63, 3.8) is 0 Å². The second kappa shape index (κ2) is 12.6. The SMILES string of the molecule is COCc1ccc(C(=O)N(CCN2CCC(C(=O)c3ccc(F)cc3)CC2)c2ccccc2OC)cc1. The molecule has 0 bridgehead atoms. The number of halogens is 1. The van der Waals surface area contributed by atoms with Gasteiger partial charge in [0.15, 0.2) is 5.78 Å². The third kappa shape index (κ3) is 6.61. The van der Waals surface area contributed by atoms with E-state index in [4.69, 9.17) is 9.47 Å². The highest BCUT2D eigenvalue weighted by atomic mass is 19.1. The molecular weight excluding hydrogens is 471 g/mol. The minimum atomic E-state index is -0.341. The van der Waals surface area contributed by atoms with Gasteiger partial charge in [0.05, 0.1) is 19.4 Å². The number of amides is 1. The molecule has 6 nitrogen and oxygen atoms in total. The van der Waals surface area contributed by atoms with E-state index in [1.54, 1.807) is 31.3 Å². The number of piperidine rings is 1. The fourth-order valence-electron chi connectivity index (χ4n) is 4.76. The standard InChI is InChI=1S/C30H33FN2O4/c1-36-21-22-7-9-25(10-8-22)30(35)33(27-5-3-4-6-28(27)37-2)20-19-32-17-15-24(16-18-32)29(34)23-11-13-26(31)14-12-23/h3-14,24H,15-21H2,1-2H3. The first-order chi connectivity index (χ1) is 18.0. The quantitative estimate of drug-likeness (QED) is 0.354. The highest BCUT2D eigenvalue weighted by Gasteiger charge is 2.27. The molecule has 1 aliphatic heterocycles. The minimum Gasteiger partial charge on any atom is -0.495 e. The number of hydrogen-bond donors (Lipinski definition) is 0. The molecule has 0 spiro atoms. The number of rotatable bonds is 10. The first kappa shape index (κ1) is 26.5. The van der Waals surface area contributed by atoms with Crippen LogP contribution in [0.4, 0.5) is 10.1 Å². The highest BCUT2D eigenvalue weighted by Crippen LogP contribution is 2.29. The number of hydrogen-bond acceptors (Lipinski definition) is 5. The van der Waals surface area contributed by atoms with Crippen LogP contribution in [0.15, 0.2) is 72.8 Å². The fourth-order valence-corrected chi connectivity index (χ4v) is 4.76. The van der Waals surface area contributed by atoms with Crippen LogP contribution in [0.5, 0.6) is 5.75 Å². The Balaban J connectivity index is 1.43. The van der Waals surface area contributed by atoms with E-state index in [2.05, 4.69) is 4.90 Å². The lowest BCUT2D eigenvalue weighted by atomic mass is 9.89. The summed E-state index contributed by atoms with van der Waals surface area (Å²) in [6.45, 7) is 3.16. The molecule has 37 heavy (non-hydrogen) atoms. The second-order valence-corrected chi connectivity index (χ2v) is 9.25. The monoisotopic (exact) mass is 504 g/mol. The van der Waals surface area contributed by atoms with E-state index >= 15 is 0 Å². The molecule has 3 aromatic carbocycles. The van der Waals surface area contributed by atoms with Crippen LogP contribution in [-0.2, 0) is 11.3 Å². The first-order valence-electron chi connectivity index (χ1n) is 12.5. The maximum Gasteiger partial charge on any atom is 0.258 e. The van der Waals surface area contributed by atoms with Crippen LogP contribution in [0.25, 0.3) is 0 Å². The first-order valence-corrected chi connectivity index (χ1v) is 12.5. The number of benzene rings is 3. The zero-order valence-electron chi connectivity index (χ0n) is 21.4. The normalized spacial score (nSPS) is 14.4. The Morgan fingerprint density at radius 3 is 2.22 bits per heavy atom. The van der Waals surface area contributed by atoms with Gasteiger partial charge in [-0.05, 0) is 80.0 Å². The summed E-state index contributed by atoms with van der Waals surface area (Å²) in [4.78, 5) is 30.5. The van der Waals surface area contributed by atoms with Crippen molar-refractivity contribution in [3.05, 3.63) is 95.3 Å². The predicted octanol–water partition coefficient (Wildman–Crippen LogP) is 5.22. The van der Waals surface area contributed by atoms with Gasteiger partial charge in [0.25, 0.3) is 5.91 Å². The van der Waals surface area contributed by atoms with Crippen molar-refractivity contribution in [1.82, 2.24) is 4.90 Å². The van der Waals surface area contributed by atoms with Crippen molar-refractivity contribution in [2.75, 3.05) is 45.3 Å². The lowest BCUT2D eigenvalue weighted by Gasteiger charge is -2.33. The molecule has 0 radical (unpaired) electrons. The van der Waals surface area contributed by atoms with E-state index in [-0.39, 0.29) is 23.4 Å². The number of anilines is 1. The minimum absolute atomic E-state index is 0.0701. The van der Waals surface area contributed by atoms with Gasteiger partial charge in [-0.3, -0.25) is 9.59 Å². The third-order valence-corrected chi connectivity index (χ3v) is 6.86. The van der Waals surface area contributed by atoms with E-state index in [0.29, 0.717) is 36.6 Å². The Bertz CT molecular complexity index is 1190. The molecule has 3 aromatic rings. The van der Waals surface area contributed by atoms with Crippen LogP contribution < -0.4 is 9.64 Å². The van der Waals surface area contributed by atoms with Gasteiger partial charge in [-0.2, -0.15) is 0 Å². The largest absolute Gasteiger partial charge is 0.495 e. The molecular formula is C30H33FN2O4. The van der Waals surface area contributed by atoms with Crippen LogP contribution in [0, 0.1) is 11.7 Å². The van der Waals surface area contributed by atoms with Crippen molar-refractivity contribution in [2.45, 2.75) is 19.4 Å². The number of carbonyl (C=O) groups is 2. The Kier molecular flexibility index (Phi) is 9.04. The lowest BCUT2D eigenvalue weighted by Crippen LogP contribution is -2.43. The Labute approximate surface area is 217 Å². The Hall–Kier alpha value is -3.55. The summed E-state index contributed by atoms with van der Waals surface area (Å²) in [5.41, 5.74) is 2.87. The van der Waals surface area contributed by atoms with Gasteiger partial charge in [-0.15, -0.1) is 0 Å². The second-order valence-electron chi connectivity index (χ2n) is 9.25. The highest BCUT2D eigenvalue weighted by molar-refractivity contribution is 6.07. The molecule has 0 atom stereocenters. The summed E-state index contributed by atoms with van der Waals surface area (Å²) in [5, 5.41) is 0. The maximum atomic E-state index is 13.6. The maximum absolute atomic E-state index is 13.6. The summed E-state index contributed by atoms with van der Waals surface area (Å²) in [7, 11) is 3.24. The van der Waals surface area contributed by atoms with Crippen molar-refractivity contribution in [3.8, 4) is 5.75 Å². The number of likely N-dealkylation sites (tertiary alicyclic amines) is 1. The van der Waals surface area contributed by atoms with Gasteiger partial charge in [-0.1, -0.05) is 24.3 Å². The van der Waals surface area contributed by atoms with Gasteiger partial charge >= 0.3 is 0 Å². The van der Waals surface area contributed by atoms with Crippen molar-refractivity contribution in [2.24, 2.45) is 5.92 Å². The van der Waals surface area contributed by atoms with Crippen molar-refractivity contribution in [1.29, 1.82) is 0 Å². The summed E-state index contributed by atoms with van der Waals surface area (Å²) in [5.74, 6) is 0.193. The molecule has 0 unspecified atom stereocenters. The smallest absolute Gasteiger partial charge is 0.258 e. The van der Waals surface area contributed by atoms with Crippen LogP contribution in [0.3, 0.4) is 0 Å². The number of Topliss-reactive ketones (excluding diaryl/α,β-unsaturated/α-hetero) is 1. The molecule has 1 amide bonds. The van der Waals surface area contributed by atoms with E-state index in [1.807, 2.05) is 48.5 Å². The molecule has 194 valence electrons. The zero-order valence-corrected chi connectivity index (χ0v) is 21.4. The number of ketones is 1. The Morgan fingerprint density at radius 2 is 1.57 bits per heavy atom. The van der Waals surface area contributed by atoms with Crippen LogP contribution in [0.2, 0.25) is 0 Å². The van der Waals surface area contributed by atoms with E-state index < -0.39 is 0 Å². The summed E-state index contributed by atoms with van der Waals surface area (Å²) < 4.78 is 24.0. The average molecular weight is 505 g/mol. The van der Waals surface area contributed by atoms with Crippen molar-refractivity contribution >= 4 is 17.4 Å². The van der Waals surface area contributed by atoms with Gasteiger partial charge in [0, 0.05) is 37.2 Å². The Morgan fingerprint density at radius 1 is 0.919 bits per heavy atom. The zero-order chi connectivity index (χ0) is 26.2. The number of methoxy groups -OCH3 is 2. The molecule has 1 aliphatic rings. The molecule has 0 N–H and O–H groups in total. The molecule has 1 saturated heterocycles. The van der Waals surface area contributed by atoms with Crippen molar-refractivity contribution < 1.29 is 23.5 Å². The van der Waals surface area contributed by atoms with Gasteiger partial charge in [0.2, 0.25) is 0 Å². The summed E-state index contributed by atoms with van der Waals surface area (Å²) in [6, 6.07) is 20.8. The average Bonchev–Trinajstić information content (AvgIpc) is 2.94. The molecule has 4 rings (SSSR count). The number of nitrogens with zero attached hydrogens (tertiary/aromatic N) is 2. The lowest BCUT2D eigenvalue weighted by molar-refractivity contribution is 0.0841. The van der Waals surface area contributed by atoms with Gasteiger partial charge < -0.3 is 19.3 Å². The van der Waals surface area contributed by atoms with Crippen LogP contribution in [0.1, 0.15) is 39.1 Å². The summed E-state index contributed by atoms with van der Waals surface area (Å²) >= 11 is 0. The van der Waals surface area contributed by atoms with E-state index in [0.717, 1.165) is 37.2 Å². The topological polar surface area (TPSA) is 59.1 Å². The van der Waals surface area contributed by atoms with Gasteiger partial charge in [-0.25, -0.2) is 4.39 Å². The molecule has 0 aliphatic carbocycles. The fraction of sp³-hybridized carbons (Fsp3) is 0.333. The molecule has 7 heteroatoms. The predicted molar refractivity (Wildman–Crippen MR) is 142 cm³/mol. The molecule has 0 aromatic heterocycles. The third-order valence-electron chi connectivity index (χ3n) is 6.86. The van der Waals surface area contributed by atoms with E-state index in [9.17, 15) is 14.0 Å². The molecule has 1 fully saturated rings. The number of carbonyl (C=O) groups excluding carboxylic acids is 2. The van der Waals surface area contributed by atoms with Gasteiger partial charge in [0.1, 0.15) is 11.6 Å². The summed E-state index contributed by atoms with van der Waals surface area (Å²) in [6.07, 6.45) is 1.47.